The van der Waals surface area contributed by atoms with Gasteiger partial charge in [-0.3, -0.25) is 0 Å². The fourth-order valence-corrected chi connectivity index (χ4v) is 1.32. The molecule has 1 amide bonds. The van der Waals surface area contributed by atoms with Crippen molar-refractivity contribution in [2.45, 2.75) is 6.54 Å². The van der Waals surface area contributed by atoms with Crippen LogP contribution in [-0.2, 0) is 11.3 Å². The first-order valence-corrected chi connectivity index (χ1v) is 5.88. The Morgan fingerprint density at radius 3 is 2.61 bits per heavy atom. The normalized spacial score (nSPS) is 10.2. The molecule has 0 aliphatic rings. The van der Waals surface area contributed by atoms with Crippen LogP contribution in [0.3, 0.4) is 0 Å². The van der Waals surface area contributed by atoms with Crippen molar-refractivity contribution in [3.8, 4) is 0 Å². The van der Waals surface area contributed by atoms with Crippen molar-refractivity contribution in [2.75, 3.05) is 27.2 Å². The highest BCUT2D eigenvalue weighted by atomic mass is 16.5. The Kier molecular flexibility index (Phi) is 5.94. The molecule has 0 radical (unpaired) electrons. The monoisotopic (exact) mass is 248 g/mol. The second-order valence-corrected chi connectivity index (χ2v) is 4.24. The number of hydrogen-bond acceptors (Lipinski definition) is 3. The number of rotatable bonds is 6. The molecule has 1 aromatic carbocycles. The van der Waals surface area contributed by atoms with E-state index in [1.54, 1.807) is 6.08 Å². The number of alkyl carbamates (subject to hydrolysis) is 1. The largest absolute Gasteiger partial charge is 0.448 e. The molecule has 0 spiro atoms. The summed E-state index contributed by atoms with van der Waals surface area (Å²) in [5, 5.41) is 2.70. The van der Waals surface area contributed by atoms with Crippen LogP contribution in [0.2, 0.25) is 0 Å². The van der Waals surface area contributed by atoms with Crippen LogP contribution in [0.25, 0.3) is 6.08 Å². The van der Waals surface area contributed by atoms with Gasteiger partial charge in [-0.2, -0.15) is 0 Å². The van der Waals surface area contributed by atoms with Crippen LogP contribution in [-0.4, -0.2) is 38.2 Å². The second-order valence-electron chi connectivity index (χ2n) is 4.24. The van der Waals surface area contributed by atoms with Crippen LogP contribution in [0, 0.1) is 0 Å². The average molecular weight is 248 g/mol. The molecule has 98 valence electrons. The van der Waals surface area contributed by atoms with Crippen molar-refractivity contribution >= 4 is 12.2 Å². The molecule has 1 rings (SSSR count). The Bertz CT molecular complexity index is 385. The van der Waals surface area contributed by atoms with Crippen LogP contribution in [0.5, 0.6) is 0 Å². The number of carbonyl (C=O) groups excluding carboxylic acids is 1. The smallest absolute Gasteiger partial charge is 0.407 e. The van der Waals surface area contributed by atoms with Gasteiger partial charge in [-0.05, 0) is 25.2 Å². The van der Waals surface area contributed by atoms with E-state index >= 15 is 0 Å². The zero-order valence-electron chi connectivity index (χ0n) is 11.0. The molecule has 4 heteroatoms. The molecule has 0 aliphatic carbocycles. The number of nitrogens with one attached hydrogen (secondary N) is 1. The van der Waals surface area contributed by atoms with Crippen molar-refractivity contribution in [2.24, 2.45) is 0 Å². The van der Waals surface area contributed by atoms with Gasteiger partial charge >= 0.3 is 6.09 Å². The maximum Gasteiger partial charge on any atom is 0.407 e. The van der Waals surface area contributed by atoms with Gasteiger partial charge in [0.1, 0.15) is 6.61 Å². The molecule has 1 aromatic rings. The molecular weight excluding hydrogens is 228 g/mol. The molecule has 0 saturated heterocycles. The quantitative estimate of drug-likeness (QED) is 0.838. The summed E-state index contributed by atoms with van der Waals surface area (Å²) < 4.78 is 5.01. The fourth-order valence-electron chi connectivity index (χ4n) is 1.32. The van der Waals surface area contributed by atoms with Crippen LogP contribution < -0.4 is 5.32 Å². The van der Waals surface area contributed by atoms with Gasteiger partial charge in [-0.1, -0.05) is 36.9 Å². The molecule has 0 fully saturated rings. The third-order valence-corrected chi connectivity index (χ3v) is 2.42. The molecule has 1 N–H and O–H groups in total. The molecule has 4 nitrogen and oxygen atoms in total. The SMILES string of the molecule is C=Cc1ccc(CNC(=O)OCCN(C)C)cc1. The van der Waals surface area contributed by atoms with Crippen molar-refractivity contribution < 1.29 is 9.53 Å². The Hall–Kier alpha value is -1.81. The van der Waals surface area contributed by atoms with Gasteiger partial charge < -0.3 is 15.0 Å². The molecule has 0 aromatic heterocycles. The number of amides is 1. The summed E-state index contributed by atoms with van der Waals surface area (Å²) in [4.78, 5) is 13.3. The summed E-state index contributed by atoms with van der Waals surface area (Å²) in [6.45, 7) is 5.28. The highest BCUT2D eigenvalue weighted by Gasteiger charge is 2.01. The zero-order chi connectivity index (χ0) is 13.4. The Balaban J connectivity index is 2.26. The van der Waals surface area contributed by atoms with E-state index in [9.17, 15) is 4.79 Å². The van der Waals surface area contributed by atoms with Gasteiger partial charge in [0.25, 0.3) is 0 Å². The Morgan fingerprint density at radius 2 is 2.06 bits per heavy atom. The number of benzene rings is 1. The third kappa shape index (κ3) is 5.50. The van der Waals surface area contributed by atoms with Crippen molar-refractivity contribution in [1.29, 1.82) is 0 Å². The summed E-state index contributed by atoms with van der Waals surface area (Å²) in [5.41, 5.74) is 2.09. The van der Waals surface area contributed by atoms with E-state index in [4.69, 9.17) is 4.74 Å². The van der Waals surface area contributed by atoms with Crippen LogP contribution in [0.4, 0.5) is 4.79 Å². The fraction of sp³-hybridized carbons (Fsp3) is 0.357. The van der Waals surface area contributed by atoms with E-state index in [1.807, 2.05) is 43.3 Å². The van der Waals surface area contributed by atoms with Gasteiger partial charge in [0.15, 0.2) is 0 Å². The Morgan fingerprint density at radius 1 is 1.39 bits per heavy atom. The lowest BCUT2D eigenvalue weighted by molar-refractivity contribution is 0.136. The number of ether oxygens (including phenoxy) is 1. The Labute approximate surface area is 108 Å². The zero-order valence-corrected chi connectivity index (χ0v) is 11.0. The highest BCUT2D eigenvalue weighted by Crippen LogP contribution is 2.05. The highest BCUT2D eigenvalue weighted by molar-refractivity contribution is 5.67. The summed E-state index contributed by atoms with van der Waals surface area (Å²) >= 11 is 0. The maximum atomic E-state index is 11.4. The number of nitrogens with zero attached hydrogens (tertiary/aromatic N) is 1. The number of carbonyl (C=O) groups is 1. The standard InChI is InChI=1S/C14H20N2O2/c1-4-12-5-7-13(8-6-12)11-15-14(17)18-10-9-16(2)3/h4-8H,1,9-11H2,2-3H3,(H,15,17). The molecule has 0 unspecified atom stereocenters. The summed E-state index contributed by atoms with van der Waals surface area (Å²) in [7, 11) is 3.87. The minimum atomic E-state index is -0.385. The van der Waals surface area contributed by atoms with Gasteiger partial charge in [0, 0.05) is 13.1 Å². The van der Waals surface area contributed by atoms with Gasteiger partial charge in [-0.15, -0.1) is 0 Å². The van der Waals surface area contributed by atoms with Gasteiger partial charge in [0.2, 0.25) is 0 Å². The van der Waals surface area contributed by atoms with E-state index in [1.165, 1.54) is 0 Å². The lowest BCUT2D eigenvalue weighted by atomic mass is 10.1. The van der Waals surface area contributed by atoms with Crippen molar-refractivity contribution in [1.82, 2.24) is 10.2 Å². The summed E-state index contributed by atoms with van der Waals surface area (Å²) in [6, 6.07) is 7.83. The topological polar surface area (TPSA) is 41.6 Å². The van der Waals surface area contributed by atoms with Gasteiger partial charge in [-0.25, -0.2) is 4.79 Å². The first-order valence-electron chi connectivity index (χ1n) is 5.88. The lowest BCUT2D eigenvalue weighted by Crippen LogP contribution is -2.27. The van der Waals surface area contributed by atoms with Crippen LogP contribution in [0.1, 0.15) is 11.1 Å². The number of hydrogen-bond donors (Lipinski definition) is 1. The average Bonchev–Trinajstić information content (AvgIpc) is 2.36. The molecule has 0 bridgehead atoms. The predicted octanol–water partition coefficient (Wildman–Crippen LogP) is 2.12. The first-order chi connectivity index (χ1) is 8.61. The van der Waals surface area contributed by atoms with Crippen LogP contribution in [0.15, 0.2) is 30.8 Å². The molecule has 0 atom stereocenters. The second kappa shape index (κ2) is 7.50. The van der Waals surface area contributed by atoms with Crippen molar-refractivity contribution in [3.63, 3.8) is 0 Å². The van der Waals surface area contributed by atoms with E-state index in [2.05, 4.69) is 11.9 Å². The third-order valence-electron chi connectivity index (χ3n) is 2.42. The van der Waals surface area contributed by atoms with E-state index < -0.39 is 0 Å². The van der Waals surface area contributed by atoms with Crippen LogP contribution >= 0.6 is 0 Å². The minimum Gasteiger partial charge on any atom is -0.448 e. The molecule has 0 aliphatic heterocycles. The summed E-state index contributed by atoms with van der Waals surface area (Å²) in [5.74, 6) is 0. The lowest BCUT2D eigenvalue weighted by Gasteiger charge is -2.10. The van der Waals surface area contributed by atoms with E-state index in [0.29, 0.717) is 13.2 Å². The number of likely N-dealkylation sites (N-methyl/N-ethyl adjacent to an activating group) is 1. The van der Waals surface area contributed by atoms with E-state index in [0.717, 1.165) is 17.7 Å². The first kappa shape index (κ1) is 14.3. The van der Waals surface area contributed by atoms with E-state index in [-0.39, 0.29) is 6.09 Å². The van der Waals surface area contributed by atoms with Gasteiger partial charge in [0.05, 0.1) is 0 Å². The molecule has 18 heavy (non-hydrogen) atoms. The predicted molar refractivity (Wildman–Crippen MR) is 73.3 cm³/mol. The molecule has 0 heterocycles. The summed E-state index contributed by atoms with van der Waals surface area (Å²) in [6.07, 6.45) is 1.40. The molecular formula is C14H20N2O2. The minimum absolute atomic E-state index is 0.385. The molecule has 0 saturated carbocycles. The maximum absolute atomic E-state index is 11.4. The van der Waals surface area contributed by atoms with Crippen molar-refractivity contribution in [3.05, 3.63) is 42.0 Å².